The number of aromatic nitrogens is 1. The second-order valence-electron chi connectivity index (χ2n) is 9.28. The molecule has 1 aliphatic heterocycles. The number of aliphatic hydroxyl groups excluding tert-OH is 1. The van der Waals surface area contributed by atoms with Gasteiger partial charge in [-0.15, -0.1) is 0 Å². The van der Waals surface area contributed by atoms with Crippen molar-refractivity contribution in [3.05, 3.63) is 59.3 Å². The minimum Gasteiger partial charge on any atom is -0.471 e. The summed E-state index contributed by atoms with van der Waals surface area (Å²) < 4.78 is 50.9. The number of pyridine rings is 1. The summed E-state index contributed by atoms with van der Waals surface area (Å²) in [7, 11) is 1.41. The van der Waals surface area contributed by atoms with E-state index >= 15 is 0 Å². The number of aliphatic hydroxyl groups is 1. The lowest BCUT2D eigenvalue weighted by Crippen LogP contribution is -2.52. The molecule has 10 heteroatoms. The van der Waals surface area contributed by atoms with Crippen LogP contribution >= 0.6 is 0 Å². The summed E-state index contributed by atoms with van der Waals surface area (Å²) in [6.07, 6.45) is -1.27. The standard InChI is InChI=1S/C25H30F3N3O4/c1-34-15-22(33)31-19(10-16-6-3-2-4-7-16)21(32)14-29-20-12-24(8-5-9-24)35-23-18(20)11-17(13-30-23)25(26,27)28/h2-4,6-7,11,13,19-21,29,32H,5,8-10,12,14-15H2,1H3,(H,31,33)/t19-,20-,21+/m0/s1. The number of halogens is 3. The topological polar surface area (TPSA) is 92.7 Å². The highest BCUT2D eigenvalue weighted by Gasteiger charge is 2.47. The van der Waals surface area contributed by atoms with Gasteiger partial charge in [-0.05, 0) is 37.3 Å². The number of nitrogens with zero attached hydrogens (tertiary/aromatic N) is 1. The van der Waals surface area contributed by atoms with E-state index in [0.29, 0.717) is 18.4 Å². The van der Waals surface area contributed by atoms with Crippen LogP contribution in [0.4, 0.5) is 13.2 Å². The van der Waals surface area contributed by atoms with Crippen molar-refractivity contribution in [3.63, 3.8) is 0 Å². The molecule has 3 atom stereocenters. The predicted molar refractivity (Wildman–Crippen MR) is 122 cm³/mol. The van der Waals surface area contributed by atoms with Crippen molar-refractivity contribution in [1.29, 1.82) is 0 Å². The largest absolute Gasteiger partial charge is 0.471 e. The Morgan fingerprint density at radius 1 is 1.31 bits per heavy atom. The molecule has 1 aromatic heterocycles. The molecule has 1 amide bonds. The lowest BCUT2D eigenvalue weighted by atomic mass is 9.73. The Labute approximate surface area is 202 Å². The third kappa shape index (κ3) is 6.12. The van der Waals surface area contributed by atoms with E-state index in [2.05, 4.69) is 15.6 Å². The summed E-state index contributed by atoms with van der Waals surface area (Å²) in [5, 5.41) is 17.0. The molecule has 4 rings (SSSR count). The summed E-state index contributed by atoms with van der Waals surface area (Å²) >= 11 is 0. The molecule has 0 radical (unpaired) electrons. The Bertz CT molecular complexity index is 1010. The van der Waals surface area contributed by atoms with Crippen molar-refractivity contribution >= 4 is 5.91 Å². The Kier molecular flexibility index (Phi) is 7.63. The van der Waals surface area contributed by atoms with Crippen LogP contribution in [0.3, 0.4) is 0 Å². The second kappa shape index (κ2) is 10.5. The molecule has 2 heterocycles. The minimum atomic E-state index is -4.52. The van der Waals surface area contributed by atoms with Crippen LogP contribution < -0.4 is 15.4 Å². The SMILES string of the molecule is COCC(=O)N[C@@H](Cc1ccccc1)[C@H](O)CN[C@H]1CC2(CCC2)Oc2ncc(C(F)(F)F)cc21. The number of carbonyl (C=O) groups is 1. The maximum Gasteiger partial charge on any atom is 0.417 e. The average Bonchev–Trinajstić information content (AvgIpc) is 2.80. The van der Waals surface area contributed by atoms with E-state index in [1.165, 1.54) is 7.11 Å². The van der Waals surface area contributed by atoms with Gasteiger partial charge in [0.2, 0.25) is 11.8 Å². The molecule has 190 valence electrons. The van der Waals surface area contributed by atoms with Crippen LogP contribution in [0, 0.1) is 0 Å². The zero-order valence-electron chi connectivity index (χ0n) is 19.5. The van der Waals surface area contributed by atoms with Crippen molar-refractivity contribution in [3.8, 4) is 5.88 Å². The van der Waals surface area contributed by atoms with Crippen LogP contribution in [-0.2, 0) is 22.1 Å². The van der Waals surface area contributed by atoms with Gasteiger partial charge in [-0.3, -0.25) is 4.79 Å². The van der Waals surface area contributed by atoms with Crippen LogP contribution in [0.25, 0.3) is 0 Å². The first-order valence-corrected chi connectivity index (χ1v) is 11.7. The molecule has 0 bridgehead atoms. The van der Waals surface area contributed by atoms with Gasteiger partial charge in [0, 0.05) is 37.9 Å². The minimum absolute atomic E-state index is 0.0567. The smallest absolute Gasteiger partial charge is 0.417 e. The van der Waals surface area contributed by atoms with Gasteiger partial charge in [0.05, 0.1) is 17.7 Å². The van der Waals surface area contributed by atoms with Gasteiger partial charge >= 0.3 is 6.18 Å². The van der Waals surface area contributed by atoms with Crippen molar-refractivity contribution in [2.75, 3.05) is 20.3 Å². The number of benzene rings is 1. The van der Waals surface area contributed by atoms with E-state index in [0.717, 1.165) is 37.1 Å². The van der Waals surface area contributed by atoms with E-state index in [4.69, 9.17) is 9.47 Å². The number of alkyl halides is 3. The molecule has 1 aromatic carbocycles. The summed E-state index contributed by atoms with van der Waals surface area (Å²) in [6, 6.07) is 9.39. The quantitative estimate of drug-likeness (QED) is 0.497. The number of amides is 1. The molecule has 2 aliphatic rings. The first-order valence-electron chi connectivity index (χ1n) is 11.7. The molecule has 1 fully saturated rings. The molecule has 7 nitrogen and oxygen atoms in total. The van der Waals surface area contributed by atoms with Gasteiger partial charge in [-0.2, -0.15) is 13.2 Å². The van der Waals surface area contributed by atoms with Crippen LogP contribution in [0.15, 0.2) is 42.6 Å². The highest BCUT2D eigenvalue weighted by molar-refractivity contribution is 5.77. The van der Waals surface area contributed by atoms with E-state index < -0.39 is 35.5 Å². The highest BCUT2D eigenvalue weighted by atomic mass is 19.4. The molecular formula is C25H30F3N3O4. The normalized spacial score (nSPS) is 20.3. The van der Waals surface area contributed by atoms with Crippen molar-refractivity contribution in [1.82, 2.24) is 15.6 Å². The lowest BCUT2D eigenvalue weighted by molar-refractivity contribution is -0.138. The van der Waals surface area contributed by atoms with Crippen molar-refractivity contribution < 1.29 is 32.5 Å². The number of rotatable bonds is 9. The predicted octanol–water partition coefficient (Wildman–Crippen LogP) is 3.17. The molecule has 35 heavy (non-hydrogen) atoms. The summed E-state index contributed by atoms with van der Waals surface area (Å²) in [5.41, 5.74) is -0.0328. The van der Waals surface area contributed by atoms with Crippen LogP contribution in [0.1, 0.15) is 48.4 Å². The Hall–Kier alpha value is -2.69. The first kappa shape index (κ1) is 25.4. The summed E-state index contributed by atoms with van der Waals surface area (Å²) in [5.74, 6) is -0.165. The number of fused-ring (bicyclic) bond motifs is 1. The molecule has 0 unspecified atom stereocenters. The third-order valence-corrected chi connectivity index (χ3v) is 6.69. The number of hydrogen-bond donors (Lipinski definition) is 3. The van der Waals surface area contributed by atoms with Gasteiger partial charge in [-0.1, -0.05) is 30.3 Å². The van der Waals surface area contributed by atoms with Crippen LogP contribution in [-0.4, -0.2) is 54.0 Å². The summed E-state index contributed by atoms with van der Waals surface area (Å²) in [4.78, 5) is 16.2. The molecule has 1 spiro atoms. The Morgan fingerprint density at radius 2 is 2.06 bits per heavy atom. The molecular weight excluding hydrogens is 463 g/mol. The van der Waals surface area contributed by atoms with Gasteiger partial charge in [0.1, 0.15) is 12.2 Å². The average molecular weight is 494 g/mol. The first-order chi connectivity index (χ1) is 16.7. The van der Waals surface area contributed by atoms with E-state index in [9.17, 15) is 23.1 Å². The zero-order chi connectivity index (χ0) is 25.1. The molecule has 1 aliphatic carbocycles. The van der Waals surface area contributed by atoms with Crippen molar-refractivity contribution in [2.24, 2.45) is 0 Å². The zero-order valence-corrected chi connectivity index (χ0v) is 19.5. The van der Waals surface area contributed by atoms with Crippen molar-refractivity contribution in [2.45, 2.75) is 62.1 Å². The molecule has 0 saturated heterocycles. The van der Waals surface area contributed by atoms with E-state index in [1.807, 2.05) is 30.3 Å². The monoisotopic (exact) mass is 493 g/mol. The number of methoxy groups -OCH3 is 1. The molecule has 2 aromatic rings. The fourth-order valence-corrected chi connectivity index (χ4v) is 4.68. The Morgan fingerprint density at radius 3 is 2.69 bits per heavy atom. The molecule has 1 saturated carbocycles. The lowest BCUT2D eigenvalue weighted by Gasteiger charge is -2.47. The van der Waals surface area contributed by atoms with E-state index in [-0.39, 0.29) is 24.9 Å². The summed E-state index contributed by atoms with van der Waals surface area (Å²) in [6.45, 7) is -0.0889. The number of nitrogens with one attached hydrogen (secondary N) is 2. The fourth-order valence-electron chi connectivity index (χ4n) is 4.68. The molecule has 3 N–H and O–H groups in total. The maximum absolute atomic E-state index is 13.3. The van der Waals surface area contributed by atoms with Gasteiger partial charge in [-0.25, -0.2) is 4.98 Å². The van der Waals surface area contributed by atoms with Crippen LogP contribution in [0.5, 0.6) is 5.88 Å². The highest BCUT2D eigenvalue weighted by Crippen LogP contribution is 2.49. The number of hydrogen-bond acceptors (Lipinski definition) is 6. The third-order valence-electron chi connectivity index (χ3n) is 6.69. The number of carbonyl (C=O) groups excluding carboxylic acids is 1. The Balaban J connectivity index is 1.51. The maximum atomic E-state index is 13.3. The number of ether oxygens (including phenoxy) is 2. The second-order valence-corrected chi connectivity index (χ2v) is 9.28. The van der Waals surface area contributed by atoms with Gasteiger partial charge in [0.15, 0.2) is 0 Å². The van der Waals surface area contributed by atoms with Crippen LogP contribution in [0.2, 0.25) is 0 Å². The van der Waals surface area contributed by atoms with Gasteiger partial charge in [0.25, 0.3) is 0 Å². The fraction of sp³-hybridized carbons (Fsp3) is 0.520. The van der Waals surface area contributed by atoms with Gasteiger partial charge < -0.3 is 25.2 Å². The van der Waals surface area contributed by atoms with E-state index in [1.54, 1.807) is 0 Å².